The summed E-state index contributed by atoms with van der Waals surface area (Å²) in [7, 11) is 1.71. The van der Waals surface area contributed by atoms with Crippen LogP contribution in [0.1, 0.15) is 39.0 Å². The zero-order valence-corrected chi connectivity index (χ0v) is 12.4. The number of methoxy groups -OCH3 is 1. The summed E-state index contributed by atoms with van der Waals surface area (Å²) in [5.74, 6) is 1.64. The van der Waals surface area contributed by atoms with Gasteiger partial charge in [0.05, 0.1) is 6.61 Å². The van der Waals surface area contributed by atoms with Crippen LogP contribution in [0.25, 0.3) is 0 Å². The predicted molar refractivity (Wildman–Crippen MR) is 76.0 cm³/mol. The number of ether oxygens (including phenoxy) is 1. The van der Waals surface area contributed by atoms with Gasteiger partial charge in [0.2, 0.25) is 5.91 Å². The van der Waals surface area contributed by atoms with Crippen molar-refractivity contribution in [2.24, 2.45) is 11.8 Å². The van der Waals surface area contributed by atoms with E-state index in [1.807, 2.05) is 0 Å². The van der Waals surface area contributed by atoms with Gasteiger partial charge in [-0.25, -0.2) is 0 Å². The minimum atomic E-state index is 0.336. The lowest BCUT2D eigenvalue weighted by Gasteiger charge is -2.31. The lowest BCUT2D eigenvalue weighted by molar-refractivity contribution is -0.135. The van der Waals surface area contributed by atoms with Crippen molar-refractivity contribution in [1.29, 1.82) is 0 Å². The number of piperidine rings is 1. The van der Waals surface area contributed by atoms with Gasteiger partial charge in [-0.3, -0.25) is 4.79 Å². The van der Waals surface area contributed by atoms with E-state index in [2.05, 4.69) is 17.1 Å². The number of hydrogen-bond donors (Lipinski definition) is 1. The second kappa shape index (κ2) is 7.25. The molecule has 0 spiro atoms. The Labute approximate surface area is 116 Å². The first kappa shape index (κ1) is 14.8. The number of carbonyl (C=O) groups excluding carboxylic acids is 1. The molecule has 2 rings (SSSR count). The first-order valence-electron chi connectivity index (χ1n) is 7.71. The predicted octanol–water partition coefficient (Wildman–Crippen LogP) is 1.65. The zero-order chi connectivity index (χ0) is 13.7. The fraction of sp³-hybridized carbons (Fsp3) is 0.933. The van der Waals surface area contributed by atoms with Crippen LogP contribution in [0.5, 0.6) is 0 Å². The Bertz CT molecular complexity index is 286. The maximum Gasteiger partial charge on any atom is 0.223 e. The quantitative estimate of drug-likeness (QED) is 0.763. The Morgan fingerprint density at radius 3 is 2.58 bits per heavy atom. The van der Waals surface area contributed by atoms with Crippen molar-refractivity contribution < 1.29 is 9.53 Å². The van der Waals surface area contributed by atoms with E-state index >= 15 is 0 Å². The van der Waals surface area contributed by atoms with Crippen LogP contribution in [0.15, 0.2) is 0 Å². The minimum Gasteiger partial charge on any atom is -0.383 e. The lowest BCUT2D eigenvalue weighted by Crippen LogP contribution is -2.43. The van der Waals surface area contributed by atoms with Gasteiger partial charge in [-0.05, 0) is 57.5 Å². The molecule has 2 aliphatic rings. The van der Waals surface area contributed by atoms with Crippen molar-refractivity contribution in [3.8, 4) is 0 Å². The highest BCUT2D eigenvalue weighted by molar-refractivity contribution is 5.76. The van der Waals surface area contributed by atoms with Gasteiger partial charge >= 0.3 is 0 Å². The molecular formula is C15H28N2O2. The van der Waals surface area contributed by atoms with Crippen LogP contribution in [0, 0.1) is 11.8 Å². The molecule has 0 aromatic heterocycles. The third kappa shape index (κ3) is 4.46. The Morgan fingerprint density at radius 1 is 1.32 bits per heavy atom. The van der Waals surface area contributed by atoms with E-state index in [4.69, 9.17) is 4.74 Å². The Hall–Kier alpha value is -0.610. The monoisotopic (exact) mass is 268 g/mol. The largest absolute Gasteiger partial charge is 0.383 e. The molecule has 1 unspecified atom stereocenters. The third-order valence-corrected chi connectivity index (χ3v) is 4.57. The molecule has 0 aromatic rings. The van der Waals surface area contributed by atoms with Gasteiger partial charge in [-0.15, -0.1) is 0 Å². The summed E-state index contributed by atoms with van der Waals surface area (Å²) in [6, 6.07) is 0.393. The topological polar surface area (TPSA) is 41.6 Å². The highest BCUT2D eigenvalue weighted by atomic mass is 16.5. The molecule has 1 saturated heterocycles. The highest BCUT2D eigenvalue weighted by Gasteiger charge is 2.34. The van der Waals surface area contributed by atoms with Crippen LogP contribution in [0.4, 0.5) is 0 Å². The van der Waals surface area contributed by atoms with Gasteiger partial charge in [0.25, 0.3) is 0 Å². The second-order valence-corrected chi connectivity index (χ2v) is 6.06. The van der Waals surface area contributed by atoms with Gasteiger partial charge < -0.3 is 15.0 Å². The molecule has 1 amide bonds. The normalized spacial score (nSPS) is 22.2. The Morgan fingerprint density at radius 2 is 2.00 bits per heavy atom. The molecule has 1 aliphatic carbocycles. The van der Waals surface area contributed by atoms with Crippen LogP contribution in [0.2, 0.25) is 0 Å². The highest BCUT2D eigenvalue weighted by Crippen LogP contribution is 2.35. The molecule has 1 atom stereocenters. The van der Waals surface area contributed by atoms with E-state index in [1.54, 1.807) is 7.11 Å². The maximum atomic E-state index is 12.5. The summed E-state index contributed by atoms with van der Waals surface area (Å²) in [5.41, 5.74) is 0. The van der Waals surface area contributed by atoms with Gasteiger partial charge in [0.15, 0.2) is 0 Å². The minimum absolute atomic E-state index is 0.336. The summed E-state index contributed by atoms with van der Waals surface area (Å²) in [4.78, 5) is 14.6. The zero-order valence-electron chi connectivity index (χ0n) is 12.4. The van der Waals surface area contributed by atoms with Crippen LogP contribution >= 0.6 is 0 Å². The van der Waals surface area contributed by atoms with E-state index in [-0.39, 0.29) is 0 Å². The van der Waals surface area contributed by atoms with Crippen molar-refractivity contribution >= 4 is 5.91 Å². The maximum absolute atomic E-state index is 12.5. The van der Waals surface area contributed by atoms with E-state index in [9.17, 15) is 4.79 Å². The molecular weight excluding hydrogens is 240 g/mol. The van der Waals surface area contributed by atoms with E-state index < -0.39 is 0 Å². The average molecular weight is 268 g/mol. The molecule has 1 N–H and O–H groups in total. The molecule has 19 heavy (non-hydrogen) atoms. The standard InChI is InChI=1S/C15H28N2O2/c1-12(14-3-4-14)17(9-10-19-2)15(18)11-13-5-7-16-8-6-13/h12-14,16H,3-11H2,1-2H3. The van der Waals surface area contributed by atoms with Gasteiger partial charge in [0.1, 0.15) is 0 Å². The Kier molecular flexibility index (Phi) is 5.64. The molecule has 4 heteroatoms. The molecule has 0 radical (unpaired) electrons. The van der Waals surface area contributed by atoms with Gasteiger partial charge in [-0.2, -0.15) is 0 Å². The average Bonchev–Trinajstić information content (AvgIpc) is 3.24. The molecule has 1 saturated carbocycles. The van der Waals surface area contributed by atoms with E-state index in [0.717, 1.165) is 44.8 Å². The third-order valence-electron chi connectivity index (χ3n) is 4.57. The van der Waals surface area contributed by atoms with Crippen molar-refractivity contribution in [3.05, 3.63) is 0 Å². The molecule has 0 aromatic carbocycles. The van der Waals surface area contributed by atoms with Crippen LogP contribution in [-0.4, -0.2) is 50.2 Å². The summed E-state index contributed by atoms with van der Waals surface area (Å²) < 4.78 is 5.16. The summed E-state index contributed by atoms with van der Waals surface area (Å²) in [6.45, 7) is 5.73. The summed E-state index contributed by atoms with van der Waals surface area (Å²) >= 11 is 0. The smallest absolute Gasteiger partial charge is 0.223 e. The van der Waals surface area contributed by atoms with Crippen molar-refractivity contribution in [1.82, 2.24) is 10.2 Å². The van der Waals surface area contributed by atoms with Crippen LogP contribution < -0.4 is 5.32 Å². The number of carbonyl (C=O) groups is 1. The van der Waals surface area contributed by atoms with Gasteiger partial charge in [-0.1, -0.05) is 0 Å². The summed E-state index contributed by atoms with van der Waals surface area (Å²) in [6.07, 6.45) is 5.57. The van der Waals surface area contributed by atoms with Gasteiger partial charge in [0, 0.05) is 26.1 Å². The van der Waals surface area contributed by atoms with Crippen molar-refractivity contribution in [3.63, 3.8) is 0 Å². The first-order valence-corrected chi connectivity index (χ1v) is 7.71. The second-order valence-electron chi connectivity index (χ2n) is 6.06. The SMILES string of the molecule is COCCN(C(=O)CC1CCNCC1)C(C)C1CC1. The van der Waals surface area contributed by atoms with Crippen LogP contribution in [0.3, 0.4) is 0 Å². The molecule has 1 aliphatic heterocycles. The first-order chi connectivity index (χ1) is 9.22. The molecule has 0 bridgehead atoms. The number of amides is 1. The number of hydrogen-bond acceptors (Lipinski definition) is 3. The lowest BCUT2D eigenvalue weighted by atomic mass is 9.93. The summed E-state index contributed by atoms with van der Waals surface area (Å²) in [5, 5.41) is 3.36. The Balaban J connectivity index is 1.85. The molecule has 1 heterocycles. The number of nitrogens with one attached hydrogen (secondary N) is 1. The van der Waals surface area contributed by atoms with E-state index in [0.29, 0.717) is 24.5 Å². The fourth-order valence-corrected chi connectivity index (χ4v) is 3.03. The van der Waals surface area contributed by atoms with E-state index in [1.165, 1.54) is 12.8 Å². The fourth-order valence-electron chi connectivity index (χ4n) is 3.03. The van der Waals surface area contributed by atoms with Crippen molar-refractivity contribution in [2.75, 3.05) is 33.4 Å². The molecule has 110 valence electrons. The molecule has 4 nitrogen and oxygen atoms in total. The number of nitrogens with zero attached hydrogens (tertiary/aromatic N) is 1. The van der Waals surface area contributed by atoms with Crippen molar-refractivity contribution in [2.45, 2.75) is 45.1 Å². The van der Waals surface area contributed by atoms with Crippen LogP contribution in [-0.2, 0) is 9.53 Å². The molecule has 2 fully saturated rings. The number of rotatable bonds is 7.